The molecule has 0 aromatic heterocycles. The van der Waals surface area contributed by atoms with E-state index < -0.39 is 0 Å². The van der Waals surface area contributed by atoms with Gasteiger partial charge in [-0.1, -0.05) is 32.1 Å². The third-order valence-corrected chi connectivity index (χ3v) is 5.00. The minimum atomic E-state index is -0.0576. The summed E-state index contributed by atoms with van der Waals surface area (Å²) in [4.78, 5) is 26.8. The van der Waals surface area contributed by atoms with Crippen LogP contribution in [-0.2, 0) is 9.59 Å². The molecule has 0 radical (unpaired) electrons. The highest BCUT2D eigenvalue weighted by Gasteiger charge is 2.31. The number of carbonyl (C=O) groups is 2. The van der Waals surface area contributed by atoms with Crippen LogP contribution in [0, 0.1) is 11.8 Å². The van der Waals surface area contributed by atoms with Crippen LogP contribution in [0.2, 0.25) is 0 Å². The van der Waals surface area contributed by atoms with Gasteiger partial charge in [0.05, 0.1) is 5.92 Å². The SMILES string of the molecule is NCCNC(=O)C1CCCN(C(=O)C2CCCCCCC2)C1. The highest BCUT2D eigenvalue weighted by Crippen LogP contribution is 2.26. The van der Waals surface area contributed by atoms with Crippen molar-refractivity contribution < 1.29 is 9.59 Å². The van der Waals surface area contributed by atoms with E-state index in [9.17, 15) is 9.59 Å². The van der Waals surface area contributed by atoms with E-state index in [0.717, 1.165) is 32.2 Å². The van der Waals surface area contributed by atoms with E-state index in [2.05, 4.69) is 5.32 Å². The molecule has 0 aromatic carbocycles. The molecule has 2 aliphatic rings. The predicted octanol–water partition coefficient (Wildman–Crippen LogP) is 1.66. The molecule has 1 saturated heterocycles. The van der Waals surface area contributed by atoms with E-state index in [0.29, 0.717) is 25.5 Å². The first-order valence-corrected chi connectivity index (χ1v) is 8.99. The van der Waals surface area contributed by atoms with Gasteiger partial charge in [0.25, 0.3) is 0 Å². The predicted molar refractivity (Wildman–Crippen MR) is 87.2 cm³/mol. The second-order valence-corrected chi connectivity index (χ2v) is 6.75. The van der Waals surface area contributed by atoms with Crippen LogP contribution in [0.1, 0.15) is 57.8 Å². The molecule has 1 unspecified atom stereocenters. The number of amides is 2. The maximum atomic E-state index is 12.8. The summed E-state index contributed by atoms with van der Waals surface area (Å²) in [6.07, 6.45) is 10.0. The minimum absolute atomic E-state index is 0.0561. The van der Waals surface area contributed by atoms with Gasteiger partial charge in [0.1, 0.15) is 0 Å². The van der Waals surface area contributed by atoms with Crippen LogP contribution < -0.4 is 11.1 Å². The lowest BCUT2D eigenvalue weighted by molar-refractivity contribution is -0.139. The Hall–Kier alpha value is -1.10. The molecule has 2 amide bonds. The van der Waals surface area contributed by atoms with E-state index in [4.69, 9.17) is 5.73 Å². The Labute approximate surface area is 134 Å². The van der Waals surface area contributed by atoms with Crippen LogP contribution in [0.25, 0.3) is 0 Å². The average Bonchev–Trinajstić information content (AvgIpc) is 2.52. The summed E-state index contributed by atoms with van der Waals surface area (Å²) in [6, 6.07) is 0. The summed E-state index contributed by atoms with van der Waals surface area (Å²) in [7, 11) is 0. The van der Waals surface area contributed by atoms with E-state index in [1.54, 1.807) is 0 Å². The van der Waals surface area contributed by atoms with Gasteiger partial charge in [-0.2, -0.15) is 0 Å². The molecule has 1 aliphatic heterocycles. The molecule has 1 atom stereocenters. The number of nitrogens with two attached hydrogens (primary N) is 1. The highest BCUT2D eigenvalue weighted by atomic mass is 16.2. The Morgan fingerprint density at radius 2 is 1.59 bits per heavy atom. The van der Waals surface area contributed by atoms with Crippen LogP contribution in [0.5, 0.6) is 0 Å². The van der Waals surface area contributed by atoms with E-state index in [1.807, 2.05) is 4.90 Å². The molecule has 1 saturated carbocycles. The van der Waals surface area contributed by atoms with Crippen LogP contribution >= 0.6 is 0 Å². The Balaban J connectivity index is 1.87. The lowest BCUT2D eigenvalue weighted by Crippen LogP contribution is -2.47. The molecule has 1 aliphatic carbocycles. The average molecular weight is 309 g/mol. The number of nitrogens with one attached hydrogen (secondary N) is 1. The third-order valence-electron chi connectivity index (χ3n) is 5.00. The van der Waals surface area contributed by atoms with E-state index in [1.165, 1.54) is 32.1 Å². The molecule has 2 fully saturated rings. The summed E-state index contributed by atoms with van der Waals surface area (Å²) >= 11 is 0. The number of hydrogen-bond donors (Lipinski definition) is 2. The van der Waals surface area contributed by atoms with Gasteiger partial charge < -0.3 is 16.0 Å². The van der Waals surface area contributed by atoms with Crippen molar-refractivity contribution >= 4 is 11.8 Å². The molecule has 126 valence electrons. The number of rotatable bonds is 4. The molecule has 22 heavy (non-hydrogen) atoms. The number of piperidine rings is 1. The monoisotopic (exact) mass is 309 g/mol. The molecule has 3 N–H and O–H groups in total. The van der Waals surface area contributed by atoms with Gasteiger partial charge in [-0.25, -0.2) is 0 Å². The van der Waals surface area contributed by atoms with E-state index >= 15 is 0 Å². The standard InChI is InChI=1S/C17H31N3O2/c18-10-11-19-16(21)15-9-6-12-20(13-15)17(22)14-7-4-2-1-3-5-8-14/h14-15H,1-13,18H2,(H,19,21). The van der Waals surface area contributed by atoms with Crippen molar-refractivity contribution in [3.05, 3.63) is 0 Å². The lowest BCUT2D eigenvalue weighted by Gasteiger charge is -2.35. The summed E-state index contributed by atoms with van der Waals surface area (Å²) in [6.45, 7) is 2.39. The smallest absolute Gasteiger partial charge is 0.225 e. The zero-order valence-electron chi connectivity index (χ0n) is 13.7. The highest BCUT2D eigenvalue weighted by molar-refractivity contribution is 5.82. The van der Waals surface area contributed by atoms with Gasteiger partial charge in [-0.3, -0.25) is 9.59 Å². The molecule has 0 aromatic rings. The van der Waals surface area contributed by atoms with Crippen molar-refractivity contribution in [1.82, 2.24) is 10.2 Å². The fraction of sp³-hybridized carbons (Fsp3) is 0.882. The first-order valence-electron chi connectivity index (χ1n) is 8.99. The number of hydrogen-bond acceptors (Lipinski definition) is 3. The Bertz CT molecular complexity index is 365. The first kappa shape index (κ1) is 17.3. The summed E-state index contributed by atoms with van der Waals surface area (Å²) in [5, 5.41) is 2.86. The van der Waals surface area contributed by atoms with Gasteiger partial charge in [0.15, 0.2) is 0 Å². The lowest BCUT2D eigenvalue weighted by atomic mass is 9.88. The topological polar surface area (TPSA) is 75.4 Å². The molecule has 2 rings (SSSR count). The largest absolute Gasteiger partial charge is 0.355 e. The zero-order chi connectivity index (χ0) is 15.8. The molecule has 5 heteroatoms. The Kier molecular flexibility index (Phi) is 7.16. The normalized spacial score (nSPS) is 24.4. The van der Waals surface area contributed by atoms with E-state index in [-0.39, 0.29) is 17.7 Å². The van der Waals surface area contributed by atoms with Crippen molar-refractivity contribution in [2.75, 3.05) is 26.2 Å². The quantitative estimate of drug-likeness (QED) is 0.829. The fourth-order valence-corrected chi connectivity index (χ4v) is 3.69. The molecule has 1 heterocycles. The van der Waals surface area contributed by atoms with Crippen molar-refractivity contribution in [1.29, 1.82) is 0 Å². The van der Waals surface area contributed by atoms with Gasteiger partial charge >= 0.3 is 0 Å². The Morgan fingerprint density at radius 3 is 2.27 bits per heavy atom. The van der Waals surface area contributed by atoms with Crippen LogP contribution in [-0.4, -0.2) is 42.9 Å². The van der Waals surface area contributed by atoms with Gasteiger partial charge in [0, 0.05) is 32.1 Å². The molecule has 5 nitrogen and oxygen atoms in total. The second-order valence-electron chi connectivity index (χ2n) is 6.75. The number of carbonyl (C=O) groups excluding carboxylic acids is 2. The van der Waals surface area contributed by atoms with Gasteiger partial charge in [-0.15, -0.1) is 0 Å². The first-order chi connectivity index (χ1) is 10.7. The van der Waals surface area contributed by atoms with Crippen LogP contribution in [0.15, 0.2) is 0 Å². The summed E-state index contributed by atoms with van der Waals surface area (Å²) < 4.78 is 0. The molecule has 0 spiro atoms. The minimum Gasteiger partial charge on any atom is -0.355 e. The van der Waals surface area contributed by atoms with Gasteiger partial charge in [0.2, 0.25) is 11.8 Å². The molecule has 0 bridgehead atoms. The Morgan fingerprint density at radius 1 is 0.955 bits per heavy atom. The summed E-state index contributed by atoms with van der Waals surface area (Å²) in [5.74, 6) is 0.475. The van der Waals surface area contributed by atoms with Crippen LogP contribution in [0.3, 0.4) is 0 Å². The maximum Gasteiger partial charge on any atom is 0.225 e. The number of likely N-dealkylation sites (tertiary alicyclic amines) is 1. The second kappa shape index (κ2) is 9.13. The van der Waals surface area contributed by atoms with Crippen molar-refractivity contribution in [2.24, 2.45) is 17.6 Å². The van der Waals surface area contributed by atoms with Crippen molar-refractivity contribution in [3.63, 3.8) is 0 Å². The molecular weight excluding hydrogens is 278 g/mol. The van der Waals surface area contributed by atoms with Gasteiger partial charge in [-0.05, 0) is 25.7 Å². The third kappa shape index (κ3) is 4.97. The van der Waals surface area contributed by atoms with Crippen LogP contribution in [0.4, 0.5) is 0 Å². The fourth-order valence-electron chi connectivity index (χ4n) is 3.69. The van der Waals surface area contributed by atoms with Crippen molar-refractivity contribution in [2.45, 2.75) is 57.8 Å². The summed E-state index contributed by atoms with van der Waals surface area (Å²) in [5.41, 5.74) is 5.43. The maximum absolute atomic E-state index is 12.8. The molecular formula is C17H31N3O2. The zero-order valence-corrected chi connectivity index (χ0v) is 13.7. The van der Waals surface area contributed by atoms with Crippen molar-refractivity contribution in [3.8, 4) is 0 Å². The number of nitrogens with zero attached hydrogens (tertiary/aromatic N) is 1.